The van der Waals surface area contributed by atoms with Gasteiger partial charge in [-0.25, -0.2) is 0 Å². The van der Waals surface area contributed by atoms with E-state index < -0.39 is 6.61 Å². The van der Waals surface area contributed by atoms with Gasteiger partial charge in [-0.05, 0) is 43.2 Å². The summed E-state index contributed by atoms with van der Waals surface area (Å²) >= 11 is 6.18. The summed E-state index contributed by atoms with van der Waals surface area (Å²) in [6.07, 6.45) is 0. The first-order valence-corrected chi connectivity index (χ1v) is 6.91. The lowest BCUT2D eigenvalue weighted by Crippen LogP contribution is -2.08. The molecule has 0 saturated heterocycles. The number of hydrogen-bond donors (Lipinski definition) is 1. The first kappa shape index (κ1) is 15.6. The summed E-state index contributed by atoms with van der Waals surface area (Å²) in [6.45, 7) is 1.14. The van der Waals surface area contributed by atoms with E-state index in [2.05, 4.69) is 10.1 Å². The van der Waals surface area contributed by atoms with Crippen LogP contribution in [0.1, 0.15) is 24.1 Å². The average Bonchev–Trinajstić information content (AvgIpc) is 2.43. The standard InChI is InChI=1S/C16H16ClF2NO/c1-10-4-3-5-14(17)15(10)20-11(2)12-6-8-13(9-7-12)21-16(18)19/h3-9,11,16,20H,1-2H3. The van der Waals surface area contributed by atoms with Gasteiger partial charge in [-0.1, -0.05) is 35.9 Å². The highest BCUT2D eigenvalue weighted by molar-refractivity contribution is 6.33. The van der Waals surface area contributed by atoms with Crippen LogP contribution in [0.25, 0.3) is 0 Å². The Morgan fingerprint density at radius 2 is 1.76 bits per heavy atom. The second-order valence-corrected chi connectivity index (χ2v) is 5.15. The zero-order valence-electron chi connectivity index (χ0n) is 11.7. The summed E-state index contributed by atoms with van der Waals surface area (Å²) in [5.41, 5.74) is 2.88. The molecule has 0 heterocycles. The fraction of sp³-hybridized carbons (Fsp3) is 0.250. The molecule has 2 rings (SSSR count). The summed E-state index contributed by atoms with van der Waals surface area (Å²) in [4.78, 5) is 0. The van der Waals surface area contributed by atoms with Crippen LogP contribution in [0.15, 0.2) is 42.5 Å². The van der Waals surface area contributed by atoms with Crippen molar-refractivity contribution in [3.8, 4) is 5.75 Å². The van der Waals surface area contributed by atoms with Crippen LogP contribution in [0.2, 0.25) is 5.02 Å². The second kappa shape index (κ2) is 6.76. The van der Waals surface area contributed by atoms with Gasteiger partial charge in [0.1, 0.15) is 5.75 Å². The van der Waals surface area contributed by atoms with Crippen molar-refractivity contribution in [3.05, 3.63) is 58.6 Å². The smallest absolute Gasteiger partial charge is 0.387 e. The first-order valence-electron chi connectivity index (χ1n) is 6.54. The molecule has 0 aromatic heterocycles. The van der Waals surface area contributed by atoms with E-state index in [0.29, 0.717) is 5.02 Å². The molecule has 0 fully saturated rings. The van der Waals surface area contributed by atoms with Crippen molar-refractivity contribution in [2.24, 2.45) is 0 Å². The third kappa shape index (κ3) is 4.08. The van der Waals surface area contributed by atoms with Gasteiger partial charge in [-0.2, -0.15) is 8.78 Å². The van der Waals surface area contributed by atoms with E-state index >= 15 is 0 Å². The van der Waals surface area contributed by atoms with E-state index in [-0.39, 0.29) is 11.8 Å². The number of halogens is 3. The number of hydrogen-bond acceptors (Lipinski definition) is 2. The monoisotopic (exact) mass is 311 g/mol. The highest BCUT2D eigenvalue weighted by atomic mass is 35.5. The third-order valence-electron chi connectivity index (χ3n) is 3.19. The lowest BCUT2D eigenvalue weighted by atomic mass is 10.1. The minimum absolute atomic E-state index is 0.0100. The third-order valence-corrected chi connectivity index (χ3v) is 3.50. The maximum absolute atomic E-state index is 12.1. The number of benzene rings is 2. The second-order valence-electron chi connectivity index (χ2n) is 4.75. The average molecular weight is 312 g/mol. The van der Waals surface area contributed by atoms with Crippen molar-refractivity contribution in [1.82, 2.24) is 0 Å². The highest BCUT2D eigenvalue weighted by Gasteiger charge is 2.10. The van der Waals surface area contributed by atoms with Gasteiger partial charge in [-0.15, -0.1) is 0 Å². The largest absolute Gasteiger partial charge is 0.435 e. The Morgan fingerprint density at radius 3 is 2.33 bits per heavy atom. The van der Waals surface area contributed by atoms with Crippen molar-refractivity contribution in [2.75, 3.05) is 5.32 Å². The van der Waals surface area contributed by atoms with Crippen LogP contribution in [0, 0.1) is 6.92 Å². The van der Waals surface area contributed by atoms with Crippen molar-refractivity contribution in [3.63, 3.8) is 0 Å². The van der Waals surface area contributed by atoms with Crippen LogP contribution >= 0.6 is 11.6 Å². The number of para-hydroxylation sites is 1. The van der Waals surface area contributed by atoms with Crippen LogP contribution in [-0.4, -0.2) is 6.61 Å². The van der Waals surface area contributed by atoms with Gasteiger partial charge in [0.05, 0.1) is 10.7 Å². The van der Waals surface area contributed by atoms with Gasteiger partial charge in [0, 0.05) is 6.04 Å². The SMILES string of the molecule is Cc1cccc(Cl)c1NC(C)c1ccc(OC(F)F)cc1. The molecule has 112 valence electrons. The predicted octanol–water partition coefficient (Wildman–Crippen LogP) is 5.42. The van der Waals surface area contributed by atoms with E-state index in [1.165, 1.54) is 12.1 Å². The van der Waals surface area contributed by atoms with Crippen LogP contribution in [0.5, 0.6) is 5.75 Å². The topological polar surface area (TPSA) is 21.3 Å². The molecule has 0 aliphatic carbocycles. The lowest BCUT2D eigenvalue weighted by Gasteiger charge is -2.19. The molecule has 2 aromatic rings. The number of nitrogens with one attached hydrogen (secondary N) is 1. The van der Waals surface area contributed by atoms with Gasteiger partial charge in [-0.3, -0.25) is 0 Å². The zero-order valence-corrected chi connectivity index (χ0v) is 12.5. The van der Waals surface area contributed by atoms with E-state index in [1.807, 2.05) is 32.0 Å². The Bertz CT molecular complexity index is 581. The van der Waals surface area contributed by atoms with Crippen LogP contribution in [0.3, 0.4) is 0 Å². The summed E-state index contributed by atoms with van der Waals surface area (Å²) in [5.74, 6) is 0.148. The number of ether oxygens (including phenoxy) is 1. The minimum Gasteiger partial charge on any atom is -0.435 e. The van der Waals surface area contributed by atoms with Crippen molar-refractivity contribution < 1.29 is 13.5 Å². The summed E-state index contributed by atoms with van der Waals surface area (Å²) in [5, 5.41) is 3.99. The first-order chi connectivity index (χ1) is 9.97. The van der Waals surface area contributed by atoms with Gasteiger partial charge < -0.3 is 10.1 Å². The predicted molar refractivity (Wildman–Crippen MR) is 81.3 cm³/mol. The molecule has 0 radical (unpaired) electrons. The molecular formula is C16H16ClF2NO. The van der Waals surface area contributed by atoms with Crippen molar-refractivity contribution >= 4 is 17.3 Å². The fourth-order valence-corrected chi connectivity index (χ4v) is 2.33. The molecule has 2 nitrogen and oxygen atoms in total. The zero-order chi connectivity index (χ0) is 15.4. The molecule has 1 N–H and O–H groups in total. The maximum atomic E-state index is 12.1. The number of aryl methyl sites for hydroxylation is 1. The number of alkyl halides is 2. The molecule has 0 spiro atoms. The molecule has 5 heteroatoms. The molecule has 0 aliphatic rings. The fourth-order valence-electron chi connectivity index (χ4n) is 2.05. The summed E-state index contributed by atoms with van der Waals surface area (Å²) in [6, 6.07) is 12.2. The summed E-state index contributed by atoms with van der Waals surface area (Å²) in [7, 11) is 0. The van der Waals surface area contributed by atoms with Gasteiger partial charge >= 0.3 is 6.61 Å². The van der Waals surface area contributed by atoms with Crippen LogP contribution in [-0.2, 0) is 0 Å². The molecule has 1 unspecified atom stereocenters. The Labute approximate surface area is 127 Å². The van der Waals surface area contributed by atoms with Gasteiger partial charge in [0.2, 0.25) is 0 Å². The Kier molecular flexibility index (Phi) is 5.02. The molecule has 2 aromatic carbocycles. The van der Waals surface area contributed by atoms with E-state index in [4.69, 9.17) is 11.6 Å². The van der Waals surface area contributed by atoms with E-state index in [9.17, 15) is 8.78 Å². The molecule has 0 bridgehead atoms. The summed E-state index contributed by atoms with van der Waals surface area (Å²) < 4.78 is 28.5. The number of rotatable bonds is 5. The van der Waals surface area contributed by atoms with Crippen molar-refractivity contribution in [2.45, 2.75) is 26.5 Å². The highest BCUT2D eigenvalue weighted by Crippen LogP contribution is 2.29. The Balaban J connectivity index is 2.11. The van der Waals surface area contributed by atoms with Crippen LogP contribution in [0.4, 0.5) is 14.5 Å². The molecule has 0 aliphatic heterocycles. The van der Waals surface area contributed by atoms with Gasteiger partial charge in [0.25, 0.3) is 0 Å². The van der Waals surface area contributed by atoms with E-state index in [0.717, 1.165) is 16.8 Å². The van der Waals surface area contributed by atoms with Crippen LogP contribution < -0.4 is 10.1 Å². The quantitative estimate of drug-likeness (QED) is 0.795. The molecule has 0 saturated carbocycles. The Morgan fingerprint density at radius 1 is 1.10 bits per heavy atom. The minimum atomic E-state index is -2.81. The Hall–Kier alpha value is -1.81. The molecular weight excluding hydrogens is 296 g/mol. The molecule has 0 amide bonds. The maximum Gasteiger partial charge on any atom is 0.387 e. The molecule has 21 heavy (non-hydrogen) atoms. The van der Waals surface area contributed by atoms with Crippen molar-refractivity contribution in [1.29, 1.82) is 0 Å². The van der Waals surface area contributed by atoms with Gasteiger partial charge in [0.15, 0.2) is 0 Å². The van der Waals surface area contributed by atoms with E-state index in [1.54, 1.807) is 12.1 Å². The normalized spacial score (nSPS) is 12.3. The lowest BCUT2D eigenvalue weighted by molar-refractivity contribution is -0.0498. The molecule has 1 atom stereocenters. The number of anilines is 1.